The van der Waals surface area contributed by atoms with Crippen molar-refractivity contribution in [3.8, 4) is 6.07 Å². The van der Waals surface area contributed by atoms with Gasteiger partial charge in [-0.3, -0.25) is 4.79 Å². The minimum absolute atomic E-state index is 0.133. The van der Waals surface area contributed by atoms with Gasteiger partial charge in [0.05, 0.1) is 22.3 Å². The number of amides is 1. The molecule has 1 aromatic rings. The lowest BCUT2D eigenvalue weighted by Crippen LogP contribution is -2.12. The molecule has 0 aromatic heterocycles. The zero-order chi connectivity index (χ0) is 13.4. The van der Waals surface area contributed by atoms with Crippen LogP contribution >= 0.6 is 11.6 Å². The molecule has 0 saturated heterocycles. The Labute approximate surface area is 112 Å². The van der Waals surface area contributed by atoms with E-state index in [9.17, 15) is 4.79 Å². The number of halogens is 1. The van der Waals surface area contributed by atoms with E-state index in [0.717, 1.165) is 0 Å². The minimum atomic E-state index is -0.133. The van der Waals surface area contributed by atoms with E-state index in [1.165, 1.54) is 0 Å². The number of ether oxygens (including phenoxy) is 1. The molecule has 0 spiro atoms. The summed E-state index contributed by atoms with van der Waals surface area (Å²) in [7, 11) is 0. The molecule has 96 valence electrons. The van der Waals surface area contributed by atoms with Gasteiger partial charge in [0.25, 0.3) is 0 Å². The van der Waals surface area contributed by atoms with Crippen LogP contribution in [0.2, 0.25) is 5.02 Å². The van der Waals surface area contributed by atoms with Crippen molar-refractivity contribution in [2.24, 2.45) is 0 Å². The summed E-state index contributed by atoms with van der Waals surface area (Å²) >= 11 is 5.93. The molecule has 0 aliphatic heterocycles. The number of carbonyl (C=O) groups excluding carboxylic acids is 1. The van der Waals surface area contributed by atoms with Crippen molar-refractivity contribution in [1.29, 1.82) is 5.26 Å². The molecule has 0 heterocycles. The van der Waals surface area contributed by atoms with Crippen LogP contribution in [0.5, 0.6) is 0 Å². The molecule has 0 bridgehead atoms. The summed E-state index contributed by atoms with van der Waals surface area (Å²) in [5, 5.41) is 11.9. The molecular formula is C13H15ClN2O2. The summed E-state index contributed by atoms with van der Waals surface area (Å²) in [6.45, 7) is 3.13. The van der Waals surface area contributed by atoms with E-state index in [1.807, 2.05) is 13.0 Å². The molecule has 0 unspecified atom stereocenters. The molecule has 5 heteroatoms. The van der Waals surface area contributed by atoms with Gasteiger partial charge in [-0.05, 0) is 31.5 Å². The number of carbonyl (C=O) groups is 1. The zero-order valence-corrected chi connectivity index (χ0v) is 11.0. The van der Waals surface area contributed by atoms with E-state index in [1.54, 1.807) is 18.2 Å². The van der Waals surface area contributed by atoms with Crippen molar-refractivity contribution < 1.29 is 9.53 Å². The second-order valence-electron chi connectivity index (χ2n) is 3.66. The fourth-order valence-electron chi connectivity index (χ4n) is 1.38. The quantitative estimate of drug-likeness (QED) is 0.805. The predicted molar refractivity (Wildman–Crippen MR) is 70.5 cm³/mol. The molecule has 1 aromatic carbocycles. The van der Waals surface area contributed by atoms with Crippen molar-refractivity contribution in [2.75, 3.05) is 18.5 Å². The van der Waals surface area contributed by atoms with Crippen molar-refractivity contribution >= 4 is 23.2 Å². The number of hydrogen-bond donors (Lipinski definition) is 1. The Kier molecular flexibility index (Phi) is 6.20. The monoisotopic (exact) mass is 266 g/mol. The van der Waals surface area contributed by atoms with E-state index in [0.29, 0.717) is 42.3 Å². The van der Waals surface area contributed by atoms with Gasteiger partial charge in [0, 0.05) is 19.6 Å². The van der Waals surface area contributed by atoms with Crippen LogP contribution < -0.4 is 5.32 Å². The van der Waals surface area contributed by atoms with Gasteiger partial charge in [0.1, 0.15) is 0 Å². The average Bonchev–Trinajstić information content (AvgIpc) is 2.37. The minimum Gasteiger partial charge on any atom is -0.382 e. The Morgan fingerprint density at radius 3 is 3.00 bits per heavy atom. The Hall–Kier alpha value is -1.57. The van der Waals surface area contributed by atoms with E-state index in [-0.39, 0.29) is 5.91 Å². The Morgan fingerprint density at radius 2 is 2.33 bits per heavy atom. The van der Waals surface area contributed by atoms with Gasteiger partial charge in [-0.2, -0.15) is 5.26 Å². The van der Waals surface area contributed by atoms with Crippen LogP contribution in [-0.4, -0.2) is 19.1 Å². The largest absolute Gasteiger partial charge is 0.382 e. The first kappa shape index (κ1) is 14.5. The van der Waals surface area contributed by atoms with Crippen molar-refractivity contribution in [1.82, 2.24) is 0 Å². The van der Waals surface area contributed by atoms with E-state index in [2.05, 4.69) is 5.32 Å². The SMILES string of the molecule is CCOCCCC(=O)Nc1cc(C#N)ccc1Cl. The number of hydrogen-bond acceptors (Lipinski definition) is 3. The number of benzene rings is 1. The Balaban J connectivity index is 2.51. The fourth-order valence-corrected chi connectivity index (χ4v) is 1.55. The summed E-state index contributed by atoms with van der Waals surface area (Å²) in [5.41, 5.74) is 0.932. The third-order valence-corrected chi connectivity index (χ3v) is 2.60. The highest BCUT2D eigenvalue weighted by Crippen LogP contribution is 2.22. The molecule has 0 atom stereocenters. The standard InChI is InChI=1S/C13H15ClN2O2/c1-2-18-7-3-4-13(17)16-12-8-10(9-15)5-6-11(12)14/h5-6,8H,2-4,7H2,1H3,(H,16,17). The van der Waals surface area contributed by atoms with E-state index < -0.39 is 0 Å². The second kappa shape index (κ2) is 7.70. The van der Waals surface area contributed by atoms with Crippen LogP contribution in [0.1, 0.15) is 25.3 Å². The summed E-state index contributed by atoms with van der Waals surface area (Å²) in [5.74, 6) is -0.133. The van der Waals surface area contributed by atoms with Gasteiger partial charge < -0.3 is 10.1 Å². The third-order valence-electron chi connectivity index (χ3n) is 2.27. The van der Waals surface area contributed by atoms with Crippen LogP contribution in [0.15, 0.2) is 18.2 Å². The predicted octanol–water partition coefficient (Wildman–Crippen LogP) is 2.97. The van der Waals surface area contributed by atoms with Crippen molar-refractivity contribution in [2.45, 2.75) is 19.8 Å². The number of nitriles is 1. The smallest absolute Gasteiger partial charge is 0.224 e. The number of nitrogens with one attached hydrogen (secondary N) is 1. The van der Waals surface area contributed by atoms with Gasteiger partial charge in [-0.25, -0.2) is 0 Å². The molecule has 1 N–H and O–H groups in total. The maximum absolute atomic E-state index is 11.6. The van der Waals surface area contributed by atoms with Crippen LogP contribution in [0, 0.1) is 11.3 Å². The number of rotatable bonds is 6. The molecule has 0 aliphatic rings. The molecule has 18 heavy (non-hydrogen) atoms. The zero-order valence-electron chi connectivity index (χ0n) is 10.2. The first-order valence-electron chi connectivity index (χ1n) is 5.74. The maximum atomic E-state index is 11.6. The highest BCUT2D eigenvalue weighted by Gasteiger charge is 2.06. The fraction of sp³-hybridized carbons (Fsp3) is 0.385. The lowest BCUT2D eigenvalue weighted by atomic mass is 10.2. The van der Waals surface area contributed by atoms with Gasteiger partial charge in [0.15, 0.2) is 0 Å². The summed E-state index contributed by atoms with van der Waals surface area (Å²) in [6, 6.07) is 6.75. The molecule has 0 aliphatic carbocycles. The van der Waals surface area contributed by atoms with Gasteiger partial charge in [-0.1, -0.05) is 11.6 Å². The average molecular weight is 267 g/mol. The molecule has 1 amide bonds. The van der Waals surface area contributed by atoms with Crippen LogP contribution in [-0.2, 0) is 9.53 Å². The molecule has 4 nitrogen and oxygen atoms in total. The lowest BCUT2D eigenvalue weighted by Gasteiger charge is -2.07. The summed E-state index contributed by atoms with van der Waals surface area (Å²) in [4.78, 5) is 11.6. The third kappa shape index (κ3) is 4.74. The number of anilines is 1. The van der Waals surface area contributed by atoms with E-state index >= 15 is 0 Å². The maximum Gasteiger partial charge on any atom is 0.224 e. The van der Waals surface area contributed by atoms with Crippen molar-refractivity contribution in [3.05, 3.63) is 28.8 Å². The molecule has 0 saturated carbocycles. The second-order valence-corrected chi connectivity index (χ2v) is 4.06. The molecule has 1 rings (SSSR count). The molecule has 0 radical (unpaired) electrons. The lowest BCUT2D eigenvalue weighted by molar-refractivity contribution is -0.116. The topological polar surface area (TPSA) is 62.1 Å². The first-order chi connectivity index (χ1) is 8.67. The summed E-state index contributed by atoms with van der Waals surface area (Å²) in [6.07, 6.45) is 1.03. The van der Waals surface area contributed by atoms with Crippen LogP contribution in [0.4, 0.5) is 5.69 Å². The Morgan fingerprint density at radius 1 is 1.56 bits per heavy atom. The van der Waals surface area contributed by atoms with E-state index in [4.69, 9.17) is 21.6 Å². The van der Waals surface area contributed by atoms with Gasteiger partial charge in [0.2, 0.25) is 5.91 Å². The number of nitrogens with zero attached hydrogens (tertiary/aromatic N) is 1. The Bertz CT molecular complexity index is 455. The molecule has 0 fully saturated rings. The van der Waals surface area contributed by atoms with Gasteiger partial charge >= 0.3 is 0 Å². The first-order valence-corrected chi connectivity index (χ1v) is 6.12. The normalized spacial score (nSPS) is 9.83. The highest BCUT2D eigenvalue weighted by atomic mass is 35.5. The van der Waals surface area contributed by atoms with Crippen LogP contribution in [0.25, 0.3) is 0 Å². The summed E-state index contributed by atoms with van der Waals surface area (Å²) < 4.78 is 5.15. The highest BCUT2D eigenvalue weighted by molar-refractivity contribution is 6.33. The van der Waals surface area contributed by atoms with Crippen molar-refractivity contribution in [3.63, 3.8) is 0 Å². The van der Waals surface area contributed by atoms with Gasteiger partial charge in [-0.15, -0.1) is 0 Å². The van der Waals surface area contributed by atoms with Crippen LogP contribution in [0.3, 0.4) is 0 Å². The molecular weight excluding hydrogens is 252 g/mol.